The third-order valence-corrected chi connectivity index (χ3v) is 5.35. The first-order valence-corrected chi connectivity index (χ1v) is 10.2. The summed E-state index contributed by atoms with van der Waals surface area (Å²) in [4.78, 5) is 39.3. The summed E-state index contributed by atoms with van der Waals surface area (Å²) in [6.07, 6.45) is 0.353. The van der Waals surface area contributed by atoms with Gasteiger partial charge in [-0.15, -0.1) is 0 Å². The second-order valence-corrected chi connectivity index (χ2v) is 7.36. The average molecular weight is 446 g/mol. The molecule has 1 aliphatic heterocycles. The number of nitrogens with zero attached hydrogens (tertiary/aromatic N) is 1. The van der Waals surface area contributed by atoms with Crippen LogP contribution in [0.25, 0.3) is 0 Å². The van der Waals surface area contributed by atoms with Crippen molar-refractivity contribution < 1.29 is 23.9 Å². The van der Waals surface area contributed by atoms with Gasteiger partial charge in [-0.05, 0) is 24.1 Å². The lowest BCUT2D eigenvalue weighted by atomic mass is 9.87. The lowest BCUT2D eigenvalue weighted by Crippen LogP contribution is -2.44. The van der Waals surface area contributed by atoms with Crippen molar-refractivity contribution in [3.05, 3.63) is 59.1 Å². The first-order chi connectivity index (χ1) is 14.9. The van der Waals surface area contributed by atoms with E-state index in [4.69, 9.17) is 21.1 Å². The summed E-state index contributed by atoms with van der Waals surface area (Å²) < 4.78 is 10.6. The van der Waals surface area contributed by atoms with Crippen molar-refractivity contribution in [1.29, 1.82) is 0 Å². The van der Waals surface area contributed by atoms with Crippen molar-refractivity contribution in [2.24, 2.45) is 0 Å². The molecule has 1 heterocycles. The molecular formula is C22H24ClN3O5. The van der Waals surface area contributed by atoms with Gasteiger partial charge in [0.05, 0.1) is 17.3 Å². The lowest BCUT2D eigenvalue weighted by Gasteiger charge is -2.25. The summed E-state index contributed by atoms with van der Waals surface area (Å²) in [7, 11) is 1.54. The van der Waals surface area contributed by atoms with Crippen molar-refractivity contribution in [2.75, 3.05) is 32.2 Å². The molecule has 4 amide bonds. The van der Waals surface area contributed by atoms with Crippen LogP contribution < -0.4 is 15.4 Å². The molecule has 164 valence electrons. The first-order valence-electron chi connectivity index (χ1n) is 9.82. The number of rotatable bonds is 9. The molecule has 0 saturated carbocycles. The van der Waals surface area contributed by atoms with Gasteiger partial charge < -0.3 is 20.1 Å². The molecule has 9 heteroatoms. The van der Waals surface area contributed by atoms with Gasteiger partial charge in [-0.1, -0.05) is 54.9 Å². The molecule has 2 aromatic rings. The minimum Gasteiger partial charge on any atom is -0.487 e. The molecule has 0 aromatic heterocycles. The summed E-state index contributed by atoms with van der Waals surface area (Å²) in [5.41, 5.74) is -0.184. The second kappa shape index (κ2) is 9.80. The SMILES string of the molecule is CCC1(c2ccccc2)NC(=O)N(CC(=O)Nc2cccc(Cl)c2OCCOC)C1=O. The first kappa shape index (κ1) is 22.6. The smallest absolute Gasteiger partial charge is 0.325 e. The van der Waals surface area contributed by atoms with E-state index >= 15 is 0 Å². The van der Waals surface area contributed by atoms with Gasteiger partial charge in [0.2, 0.25) is 5.91 Å². The highest BCUT2D eigenvalue weighted by atomic mass is 35.5. The number of amides is 4. The molecule has 3 rings (SSSR count). The van der Waals surface area contributed by atoms with Gasteiger partial charge in [0, 0.05) is 7.11 Å². The zero-order chi connectivity index (χ0) is 22.4. The molecule has 8 nitrogen and oxygen atoms in total. The molecule has 1 unspecified atom stereocenters. The number of hydrogen-bond donors (Lipinski definition) is 2. The van der Waals surface area contributed by atoms with Crippen molar-refractivity contribution in [3.63, 3.8) is 0 Å². The molecule has 1 atom stereocenters. The van der Waals surface area contributed by atoms with Crippen LogP contribution in [-0.4, -0.2) is 49.6 Å². The predicted octanol–water partition coefficient (Wildman–Crippen LogP) is 3.16. The fraction of sp³-hybridized carbons (Fsp3) is 0.318. The number of ether oxygens (including phenoxy) is 2. The van der Waals surface area contributed by atoms with Crippen LogP contribution >= 0.6 is 11.6 Å². The van der Waals surface area contributed by atoms with Crippen LogP contribution in [0.4, 0.5) is 10.5 Å². The van der Waals surface area contributed by atoms with Gasteiger partial charge in [-0.2, -0.15) is 0 Å². The number of nitrogens with one attached hydrogen (secondary N) is 2. The van der Waals surface area contributed by atoms with E-state index < -0.39 is 29.9 Å². The number of halogens is 1. The maximum absolute atomic E-state index is 13.2. The Morgan fingerprint density at radius 1 is 1.13 bits per heavy atom. The highest BCUT2D eigenvalue weighted by molar-refractivity contribution is 6.32. The number of anilines is 1. The Balaban J connectivity index is 1.75. The van der Waals surface area contributed by atoms with Gasteiger partial charge in [0.1, 0.15) is 18.7 Å². The Morgan fingerprint density at radius 3 is 2.55 bits per heavy atom. The van der Waals surface area contributed by atoms with Crippen LogP contribution in [0.5, 0.6) is 5.75 Å². The topological polar surface area (TPSA) is 97.0 Å². The Hall–Kier alpha value is -3.10. The van der Waals surface area contributed by atoms with Gasteiger partial charge in [-0.3, -0.25) is 14.5 Å². The number of benzene rings is 2. The largest absolute Gasteiger partial charge is 0.487 e. The van der Waals surface area contributed by atoms with E-state index in [1.165, 1.54) is 0 Å². The van der Waals surface area contributed by atoms with Crippen molar-refractivity contribution in [3.8, 4) is 5.75 Å². The molecule has 31 heavy (non-hydrogen) atoms. The highest BCUT2D eigenvalue weighted by Gasteiger charge is 2.51. The Bertz CT molecular complexity index is 969. The Labute approximate surface area is 185 Å². The van der Waals surface area contributed by atoms with Gasteiger partial charge in [0.25, 0.3) is 5.91 Å². The van der Waals surface area contributed by atoms with Crippen molar-refractivity contribution in [1.82, 2.24) is 10.2 Å². The normalized spacial score (nSPS) is 18.1. The number of imide groups is 1. The third kappa shape index (κ3) is 4.65. The highest BCUT2D eigenvalue weighted by Crippen LogP contribution is 2.34. The van der Waals surface area contributed by atoms with Crippen LogP contribution in [0.3, 0.4) is 0 Å². The zero-order valence-corrected chi connectivity index (χ0v) is 18.1. The molecule has 1 aliphatic rings. The summed E-state index contributed by atoms with van der Waals surface area (Å²) >= 11 is 6.19. The average Bonchev–Trinajstić information content (AvgIpc) is 3.01. The summed E-state index contributed by atoms with van der Waals surface area (Å²) in [6.45, 7) is 1.96. The molecular weight excluding hydrogens is 422 g/mol. The van der Waals surface area contributed by atoms with E-state index in [2.05, 4.69) is 10.6 Å². The molecule has 0 radical (unpaired) electrons. The number of carbonyl (C=O) groups is 3. The second-order valence-electron chi connectivity index (χ2n) is 6.95. The van der Waals surface area contributed by atoms with E-state index in [1.54, 1.807) is 49.6 Å². The van der Waals surface area contributed by atoms with E-state index in [-0.39, 0.29) is 6.61 Å². The molecule has 0 spiro atoms. The fourth-order valence-electron chi connectivity index (χ4n) is 3.45. The number of methoxy groups -OCH3 is 1. The molecule has 1 saturated heterocycles. The zero-order valence-electron chi connectivity index (χ0n) is 17.3. The molecule has 2 aromatic carbocycles. The molecule has 0 aliphatic carbocycles. The van der Waals surface area contributed by atoms with Crippen LogP contribution in [0.1, 0.15) is 18.9 Å². The maximum Gasteiger partial charge on any atom is 0.325 e. The number of hydrogen-bond acceptors (Lipinski definition) is 5. The van der Waals surface area contributed by atoms with Crippen LogP contribution in [-0.2, 0) is 19.9 Å². The van der Waals surface area contributed by atoms with Gasteiger partial charge >= 0.3 is 6.03 Å². The van der Waals surface area contributed by atoms with Crippen LogP contribution in [0, 0.1) is 0 Å². The van der Waals surface area contributed by atoms with Crippen molar-refractivity contribution >= 4 is 35.1 Å². The molecule has 1 fully saturated rings. The van der Waals surface area contributed by atoms with Crippen molar-refractivity contribution in [2.45, 2.75) is 18.9 Å². The quantitative estimate of drug-likeness (QED) is 0.456. The maximum atomic E-state index is 13.2. The van der Waals surface area contributed by atoms with Crippen LogP contribution in [0.2, 0.25) is 5.02 Å². The fourth-order valence-corrected chi connectivity index (χ4v) is 3.68. The number of urea groups is 1. The summed E-state index contributed by atoms with van der Waals surface area (Å²) in [5, 5.41) is 5.74. The van der Waals surface area contributed by atoms with E-state index in [0.29, 0.717) is 35.1 Å². The third-order valence-electron chi connectivity index (χ3n) is 5.05. The van der Waals surface area contributed by atoms with Crippen LogP contribution in [0.15, 0.2) is 48.5 Å². The standard InChI is InChI=1S/C22H24ClN3O5/c1-3-22(15-8-5-4-6-9-15)20(28)26(21(29)25-22)14-18(27)24-17-11-7-10-16(23)19(17)31-13-12-30-2/h4-11H,3,12-14H2,1-2H3,(H,24,27)(H,25,29). The Kier molecular flexibility index (Phi) is 7.14. The molecule has 2 N–H and O–H groups in total. The van der Waals surface area contributed by atoms with E-state index in [9.17, 15) is 14.4 Å². The minimum atomic E-state index is -1.19. The minimum absolute atomic E-state index is 0.242. The van der Waals surface area contributed by atoms with Gasteiger partial charge in [-0.25, -0.2) is 4.79 Å². The van der Waals surface area contributed by atoms with Gasteiger partial charge in [0.15, 0.2) is 5.75 Å². The summed E-state index contributed by atoms with van der Waals surface area (Å²) in [5.74, 6) is -0.731. The lowest BCUT2D eigenvalue weighted by molar-refractivity contribution is -0.134. The Morgan fingerprint density at radius 2 is 1.87 bits per heavy atom. The molecule has 0 bridgehead atoms. The monoisotopic (exact) mass is 445 g/mol. The van der Waals surface area contributed by atoms with E-state index in [1.807, 2.05) is 13.0 Å². The summed E-state index contributed by atoms with van der Waals surface area (Å²) in [6, 6.07) is 13.3. The predicted molar refractivity (Wildman–Crippen MR) is 116 cm³/mol. The number of carbonyl (C=O) groups excluding carboxylic acids is 3. The number of para-hydroxylation sites is 1. The van der Waals surface area contributed by atoms with E-state index in [0.717, 1.165) is 4.90 Å².